The van der Waals surface area contributed by atoms with Gasteiger partial charge in [-0.3, -0.25) is 15.0 Å². The number of carbonyl (C=O) groups is 1. The number of nitrogens with one attached hydrogen (secondary N) is 2. The minimum absolute atomic E-state index is 0.000433. The van der Waals surface area contributed by atoms with E-state index < -0.39 is 17.2 Å². The normalized spacial score (nSPS) is 11.5. The van der Waals surface area contributed by atoms with Gasteiger partial charge in [-0.05, 0) is 55.5 Å². The summed E-state index contributed by atoms with van der Waals surface area (Å²) in [7, 11) is 0. The lowest BCUT2D eigenvalue weighted by molar-refractivity contribution is 0.0953. The van der Waals surface area contributed by atoms with Gasteiger partial charge in [0.15, 0.2) is 0 Å². The molecule has 3 aromatic carbocycles. The van der Waals surface area contributed by atoms with E-state index in [0.717, 1.165) is 10.5 Å². The number of aryl methyl sites for hydroxylation is 1. The highest BCUT2D eigenvalue weighted by Gasteiger charge is 2.17. The zero-order chi connectivity index (χ0) is 27.4. The van der Waals surface area contributed by atoms with E-state index >= 15 is 0 Å². The lowest BCUT2D eigenvalue weighted by atomic mass is 10.1. The van der Waals surface area contributed by atoms with Crippen molar-refractivity contribution in [2.45, 2.75) is 13.5 Å². The molecule has 1 aromatic heterocycles. The molecule has 0 fully saturated rings. The summed E-state index contributed by atoms with van der Waals surface area (Å²) >= 11 is 6.59. The van der Waals surface area contributed by atoms with Crippen molar-refractivity contribution in [2.75, 3.05) is 5.43 Å². The number of benzene rings is 3. The molecule has 4 rings (SSSR count). The molecule has 0 atom stereocenters. The monoisotopic (exact) mass is 643 g/mol. The van der Waals surface area contributed by atoms with Crippen LogP contribution in [0, 0.1) is 5.82 Å². The predicted octanol–water partition coefficient (Wildman–Crippen LogP) is 5.31. The summed E-state index contributed by atoms with van der Waals surface area (Å²) in [5.74, 6) is -1.58. The molecule has 12 heteroatoms. The maximum absolute atomic E-state index is 14.9. The molecule has 0 saturated heterocycles. The van der Waals surface area contributed by atoms with Gasteiger partial charge in [0.05, 0.1) is 23.6 Å². The molecule has 1 amide bonds. The Morgan fingerprint density at radius 3 is 2.21 bits per heavy atom. The average molecular weight is 645 g/mol. The van der Waals surface area contributed by atoms with Crippen LogP contribution in [-0.4, -0.2) is 33.1 Å². The quantitative estimate of drug-likeness (QED) is 0.160. The highest BCUT2D eigenvalue weighted by molar-refractivity contribution is 9.10. The van der Waals surface area contributed by atoms with E-state index in [2.05, 4.69) is 52.9 Å². The number of hydrazone groups is 2. The second-order valence-corrected chi connectivity index (χ2v) is 9.81. The van der Waals surface area contributed by atoms with Crippen LogP contribution in [-0.2, 0) is 6.54 Å². The molecule has 4 aromatic rings. The van der Waals surface area contributed by atoms with Gasteiger partial charge < -0.3 is 14.8 Å². The lowest BCUT2D eigenvalue weighted by Crippen LogP contribution is -2.27. The van der Waals surface area contributed by atoms with E-state index in [9.17, 15) is 24.2 Å². The largest absolute Gasteiger partial charge is 0.507 e. The Bertz CT molecular complexity index is 1670. The maximum atomic E-state index is 14.9. The Morgan fingerprint density at radius 1 is 1.00 bits per heavy atom. The van der Waals surface area contributed by atoms with Crippen molar-refractivity contribution in [1.29, 1.82) is 0 Å². The van der Waals surface area contributed by atoms with Crippen LogP contribution < -0.4 is 16.3 Å². The first kappa shape index (κ1) is 27.0. The molecule has 4 N–H and O–H groups in total. The fourth-order valence-corrected chi connectivity index (χ4v) is 4.33. The number of phenolic OH excluding ortho intramolecular Hbond substituents is 2. The van der Waals surface area contributed by atoms with Gasteiger partial charge in [-0.1, -0.05) is 31.9 Å². The smallest absolute Gasteiger partial charge is 0.276 e. The Labute approximate surface area is 232 Å². The third kappa shape index (κ3) is 5.92. The number of hydrogen-bond acceptors (Lipinski definition) is 7. The maximum Gasteiger partial charge on any atom is 0.276 e. The molecule has 0 bridgehead atoms. The summed E-state index contributed by atoms with van der Waals surface area (Å²) in [6.07, 6.45) is 3.94. The van der Waals surface area contributed by atoms with E-state index in [1.165, 1.54) is 36.8 Å². The first-order chi connectivity index (χ1) is 18.2. The summed E-state index contributed by atoms with van der Waals surface area (Å²) in [6, 6.07) is 12.0. The van der Waals surface area contributed by atoms with Crippen molar-refractivity contribution in [2.24, 2.45) is 10.2 Å². The molecule has 0 spiro atoms. The number of halogens is 3. The predicted molar refractivity (Wildman–Crippen MR) is 152 cm³/mol. The van der Waals surface area contributed by atoms with Crippen molar-refractivity contribution in [3.05, 3.63) is 96.4 Å². The van der Waals surface area contributed by atoms with Gasteiger partial charge in [0.2, 0.25) is 5.43 Å². The van der Waals surface area contributed by atoms with Gasteiger partial charge in [0.25, 0.3) is 5.91 Å². The molecule has 0 radical (unpaired) electrons. The van der Waals surface area contributed by atoms with E-state index in [1.54, 1.807) is 28.8 Å². The van der Waals surface area contributed by atoms with Crippen LogP contribution in [0.3, 0.4) is 0 Å². The van der Waals surface area contributed by atoms with Crippen LogP contribution in [0.2, 0.25) is 0 Å². The molecule has 0 aliphatic heterocycles. The number of hydrogen-bond donors (Lipinski definition) is 4. The van der Waals surface area contributed by atoms with Crippen molar-refractivity contribution in [1.82, 2.24) is 9.99 Å². The summed E-state index contributed by atoms with van der Waals surface area (Å²) in [4.78, 5) is 25.8. The van der Waals surface area contributed by atoms with E-state index in [4.69, 9.17) is 0 Å². The highest BCUT2D eigenvalue weighted by Crippen LogP contribution is 2.24. The number of pyridine rings is 1. The first-order valence-electron chi connectivity index (χ1n) is 11.1. The Balaban J connectivity index is 1.62. The number of rotatable bonds is 7. The number of nitrogens with zero attached hydrogens (tertiary/aromatic N) is 3. The Kier molecular flexibility index (Phi) is 8.23. The zero-order valence-corrected chi connectivity index (χ0v) is 22.9. The van der Waals surface area contributed by atoms with Crippen molar-refractivity contribution in [3.63, 3.8) is 0 Å². The van der Waals surface area contributed by atoms with Crippen LogP contribution in [0.5, 0.6) is 11.5 Å². The summed E-state index contributed by atoms with van der Waals surface area (Å²) in [5, 5.41) is 27.6. The topological polar surface area (TPSA) is 128 Å². The van der Waals surface area contributed by atoms with Crippen LogP contribution in [0.1, 0.15) is 28.4 Å². The first-order valence-corrected chi connectivity index (χ1v) is 12.7. The van der Waals surface area contributed by atoms with Crippen molar-refractivity contribution < 1.29 is 19.4 Å². The summed E-state index contributed by atoms with van der Waals surface area (Å²) in [6.45, 7) is 2.19. The molecule has 9 nitrogen and oxygen atoms in total. The highest BCUT2D eigenvalue weighted by atomic mass is 79.9. The van der Waals surface area contributed by atoms with Crippen LogP contribution in [0.25, 0.3) is 10.9 Å². The molecule has 0 saturated carbocycles. The molecular weight excluding hydrogens is 625 g/mol. The molecular formula is C26H20Br2FN5O4. The number of amides is 1. The summed E-state index contributed by atoms with van der Waals surface area (Å²) < 4.78 is 18.0. The van der Waals surface area contributed by atoms with E-state index in [1.807, 2.05) is 6.92 Å². The van der Waals surface area contributed by atoms with Gasteiger partial charge in [-0.2, -0.15) is 10.2 Å². The van der Waals surface area contributed by atoms with Gasteiger partial charge in [-0.15, -0.1) is 0 Å². The minimum Gasteiger partial charge on any atom is -0.507 e. The standard InChI is InChI=1S/C26H20Br2FN5O4/c1-2-34-13-19(26(38)33-31-12-15-8-17(28)4-6-24(15)36)25(37)18-9-20(29)21(10-22(18)34)32-30-11-14-7-16(27)3-5-23(14)35/h3-13,32,35-36H,2H2,1H3,(H,33,38). The zero-order valence-electron chi connectivity index (χ0n) is 19.7. The number of aromatic nitrogens is 1. The van der Waals surface area contributed by atoms with Gasteiger partial charge in [0, 0.05) is 38.2 Å². The van der Waals surface area contributed by atoms with Crippen LogP contribution in [0.4, 0.5) is 10.1 Å². The Morgan fingerprint density at radius 2 is 1.61 bits per heavy atom. The number of anilines is 1. The second-order valence-electron chi connectivity index (χ2n) is 7.98. The number of aromatic hydroxyl groups is 2. The number of fused-ring (bicyclic) bond motifs is 1. The lowest BCUT2D eigenvalue weighted by Gasteiger charge is -2.13. The fourth-order valence-electron chi connectivity index (χ4n) is 3.57. The molecule has 1 heterocycles. The number of phenols is 2. The van der Waals surface area contributed by atoms with Crippen molar-refractivity contribution in [3.8, 4) is 11.5 Å². The molecule has 38 heavy (non-hydrogen) atoms. The molecule has 194 valence electrons. The van der Waals surface area contributed by atoms with Gasteiger partial charge in [0.1, 0.15) is 22.9 Å². The Hall–Kier alpha value is -4.03. The average Bonchev–Trinajstić information content (AvgIpc) is 2.89. The van der Waals surface area contributed by atoms with Crippen LogP contribution in [0.15, 0.2) is 78.7 Å². The third-order valence-electron chi connectivity index (χ3n) is 5.49. The molecule has 0 aliphatic carbocycles. The fraction of sp³-hybridized carbons (Fsp3) is 0.0769. The number of carbonyl (C=O) groups excluding carboxylic acids is 1. The second kappa shape index (κ2) is 11.6. The third-order valence-corrected chi connectivity index (χ3v) is 6.48. The van der Waals surface area contributed by atoms with Crippen LogP contribution >= 0.6 is 31.9 Å². The SMILES string of the molecule is CCn1cc(C(=O)NN=Cc2cc(Br)ccc2O)c(=O)c2cc(F)c(NN=Cc3cc(Br)ccc3O)cc21. The van der Waals surface area contributed by atoms with E-state index in [-0.39, 0.29) is 28.1 Å². The summed E-state index contributed by atoms with van der Waals surface area (Å²) in [5.41, 5.74) is 5.12. The minimum atomic E-state index is -0.786. The molecule has 0 aliphatic rings. The van der Waals surface area contributed by atoms with Gasteiger partial charge in [-0.25, -0.2) is 9.82 Å². The van der Waals surface area contributed by atoms with E-state index in [0.29, 0.717) is 27.7 Å². The van der Waals surface area contributed by atoms with Gasteiger partial charge >= 0.3 is 0 Å². The van der Waals surface area contributed by atoms with Crippen molar-refractivity contribution >= 4 is 66.8 Å². The molecule has 0 unspecified atom stereocenters.